The van der Waals surface area contributed by atoms with Gasteiger partial charge in [0.1, 0.15) is 0 Å². The second-order valence-electron chi connectivity index (χ2n) is 4.87. The van der Waals surface area contributed by atoms with Gasteiger partial charge in [-0.15, -0.1) is 22.9 Å². The number of hydrogen-bond donors (Lipinski definition) is 0. The second-order valence-corrected chi connectivity index (χ2v) is 6.26. The van der Waals surface area contributed by atoms with Crippen molar-refractivity contribution in [3.63, 3.8) is 0 Å². The van der Waals surface area contributed by atoms with E-state index in [4.69, 9.17) is 11.6 Å². The molecule has 1 aromatic carbocycles. The zero-order valence-electron chi connectivity index (χ0n) is 11.7. The first kappa shape index (κ1) is 14.6. The van der Waals surface area contributed by atoms with Crippen LogP contribution in [-0.4, -0.2) is 0 Å². The van der Waals surface area contributed by atoms with Crippen molar-refractivity contribution in [1.29, 1.82) is 0 Å². The molecule has 2 rings (SSSR count). The summed E-state index contributed by atoms with van der Waals surface area (Å²) in [5.74, 6) is 0. The van der Waals surface area contributed by atoms with Crippen LogP contribution in [0.15, 0.2) is 35.7 Å². The van der Waals surface area contributed by atoms with E-state index in [-0.39, 0.29) is 5.38 Å². The Hall–Kier alpha value is -0.790. The fourth-order valence-electron chi connectivity index (χ4n) is 2.25. The molecule has 0 aliphatic rings. The topological polar surface area (TPSA) is 0 Å². The van der Waals surface area contributed by atoms with Gasteiger partial charge in [-0.2, -0.15) is 0 Å². The number of halogens is 1. The Morgan fingerprint density at radius 3 is 2.47 bits per heavy atom. The van der Waals surface area contributed by atoms with Crippen LogP contribution >= 0.6 is 22.9 Å². The lowest BCUT2D eigenvalue weighted by Gasteiger charge is -2.11. The predicted octanol–water partition coefficient (Wildman–Crippen LogP) is 5.98. The number of benzene rings is 1. The Morgan fingerprint density at radius 1 is 1.11 bits per heavy atom. The minimum Gasteiger partial charge on any atom is -0.147 e. The second kappa shape index (κ2) is 7.12. The molecule has 0 nitrogen and oxygen atoms in total. The van der Waals surface area contributed by atoms with Gasteiger partial charge in [0.25, 0.3) is 0 Å². The molecule has 0 amide bonds. The highest BCUT2D eigenvalue weighted by atomic mass is 35.5. The molecule has 1 aromatic heterocycles. The lowest BCUT2D eigenvalue weighted by molar-refractivity contribution is 0.794. The summed E-state index contributed by atoms with van der Waals surface area (Å²) in [7, 11) is 0. The van der Waals surface area contributed by atoms with Gasteiger partial charge in [0.15, 0.2) is 0 Å². The number of thiophene rings is 1. The normalized spacial score (nSPS) is 12.6. The predicted molar refractivity (Wildman–Crippen MR) is 86.4 cm³/mol. The molecule has 2 aromatic rings. The molecule has 0 bridgehead atoms. The summed E-state index contributed by atoms with van der Waals surface area (Å²) in [4.78, 5) is 1.30. The maximum absolute atomic E-state index is 6.62. The zero-order chi connectivity index (χ0) is 13.7. The quantitative estimate of drug-likeness (QED) is 0.574. The Bertz CT molecular complexity index is 498. The average molecular weight is 293 g/mol. The SMILES string of the molecule is CCCCc1ccc(C(Cl)c2sccc2CC)cc1. The molecule has 19 heavy (non-hydrogen) atoms. The first-order chi connectivity index (χ1) is 9.26. The van der Waals surface area contributed by atoms with Crippen LogP contribution in [0.3, 0.4) is 0 Å². The smallest absolute Gasteiger partial charge is 0.0930 e. The average Bonchev–Trinajstić information content (AvgIpc) is 2.93. The van der Waals surface area contributed by atoms with Crippen LogP contribution in [0.2, 0.25) is 0 Å². The highest BCUT2D eigenvalue weighted by molar-refractivity contribution is 7.10. The number of hydrogen-bond acceptors (Lipinski definition) is 1. The monoisotopic (exact) mass is 292 g/mol. The van der Waals surface area contributed by atoms with Crippen molar-refractivity contribution in [2.75, 3.05) is 0 Å². The highest BCUT2D eigenvalue weighted by Crippen LogP contribution is 2.35. The van der Waals surface area contributed by atoms with Crippen LogP contribution < -0.4 is 0 Å². The van der Waals surface area contributed by atoms with E-state index in [1.165, 1.54) is 40.8 Å². The van der Waals surface area contributed by atoms with Gasteiger partial charge >= 0.3 is 0 Å². The van der Waals surface area contributed by atoms with Crippen LogP contribution in [0.1, 0.15) is 53.6 Å². The molecular weight excluding hydrogens is 272 g/mol. The minimum absolute atomic E-state index is 0.00447. The van der Waals surface area contributed by atoms with Crippen LogP contribution in [-0.2, 0) is 12.8 Å². The van der Waals surface area contributed by atoms with E-state index in [9.17, 15) is 0 Å². The highest BCUT2D eigenvalue weighted by Gasteiger charge is 2.15. The van der Waals surface area contributed by atoms with Crippen LogP contribution in [0.4, 0.5) is 0 Å². The van der Waals surface area contributed by atoms with Gasteiger partial charge in [-0.1, -0.05) is 44.5 Å². The fraction of sp³-hybridized carbons (Fsp3) is 0.412. The Morgan fingerprint density at radius 2 is 1.84 bits per heavy atom. The van der Waals surface area contributed by atoms with E-state index in [0.717, 1.165) is 6.42 Å². The Kier molecular flexibility index (Phi) is 5.47. The largest absolute Gasteiger partial charge is 0.147 e. The van der Waals surface area contributed by atoms with Gasteiger partial charge in [0.2, 0.25) is 0 Å². The molecular formula is C17H21ClS. The molecule has 0 N–H and O–H groups in total. The molecule has 1 atom stereocenters. The molecule has 0 aliphatic heterocycles. The van der Waals surface area contributed by atoms with Crippen LogP contribution in [0.5, 0.6) is 0 Å². The molecule has 2 heteroatoms. The molecule has 0 spiro atoms. The third kappa shape index (κ3) is 3.61. The van der Waals surface area contributed by atoms with Gasteiger partial charge in [0, 0.05) is 4.88 Å². The standard InChI is InChI=1S/C17H21ClS/c1-3-5-6-13-7-9-15(10-8-13)16(18)17-14(4-2)11-12-19-17/h7-12,16H,3-6H2,1-2H3. The van der Waals surface area contributed by atoms with E-state index >= 15 is 0 Å². The Balaban J connectivity index is 2.13. The first-order valence-electron chi connectivity index (χ1n) is 7.05. The summed E-state index contributed by atoms with van der Waals surface area (Å²) in [5.41, 5.74) is 4.00. The third-order valence-corrected chi connectivity index (χ3v) is 5.11. The van der Waals surface area contributed by atoms with Gasteiger partial charge < -0.3 is 0 Å². The lowest BCUT2D eigenvalue weighted by atomic mass is 10.0. The van der Waals surface area contributed by atoms with Crippen molar-refractivity contribution in [1.82, 2.24) is 0 Å². The molecule has 0 saturated heterocycles. The van der Waals surface area contributed by atoms with Crippen molar-refractivity contribution in [2.45, 2.75) is 44.9 Å². The lowest BCUT2D eigenvalue weighted by Crippen LogP contribution is -1.95. The van der Waals surface area contributed by atoms with Crippen molar-refractivity contribution in [3.05, 3.63) is 57.3 Å². The Labute approximate surface area is 125 Å². The van der Waals surface area contributed by atoms with Crippen molar-refractivity contribution < 1.29 is 0 Å². The van der Waals surface area contributed by atoms with Gasteiger partial charge in [-0.25, -0.2) is 0 Å². The van der Waals surface area contributed by atoms with E-state index in [2.05, 4.69) is 49.6 Å². The molecule has 0 aliphatic carbocycles. The molecule has 1 unspecified atom stereocenters. The third-order valence-electron chi connectivity index (χ3n) is 3.48. The van der Waals surface area contributed by atoms with E-state index in [1.54, 1.807) is 11.3 Å². The van der Waals surface area contributed by atoms with Crippen LogP contribution in [0, 0.1) is 0 Å². The van der Waals surface area contributed by atoms with E-state index in [1.807, 2.05) is 0 Å². The zero-order valence-corrected chi connectivity index (χ0v) is 13.2. The van der Waals surface area contributed by atoms with Gasteiger partial charge in [-0.05, 0) is 47.4 Å². The molecule has 0 radical (unpaired) electrons. The summed E-state index contributed by atoms with van der Waals surface area (Å²) in [6, 6.07) is 11.0. The molecule has 0 saturated carbocycles. The fourth-order valence-corrected chi connectivity index (χ4v) is 3.69. The summed E-state index contributed by atoms with van der Waals surface area (Å²) < 4.78 is 0. The maximum atomic E-state index is 6.62. The number of unbranched alkanes of at least 4 members (excludes halogenated alkanes) is 1. The molecule has 1 heterocycles. The number of aryl methyl sites for hydroxylation is 2. The number of rotatable bonds is 6. The summed E-state index contributed by atoms with van der Waals surface area (Å²) >= 11 is 8.39. The van der Waals surface area contributed by atoms with Crippen molar-refractivity contribution in [3.8, 4) is 0 Å². The maximum Gasteiger partial charge on any atom is 0.0930 e. The van der Waals surface area contributed by atoms with Crippen molar-refractivity contribution >= 4 is 22.9 Å². The minimum atomic E-state index is -0.00447. The number of alkyl halides is 1. The summed E-state index contributed by atoms with van der Waals surface area (Å²) in [6.07, 6.45) is 4.73. The van der Waals surface area contributed by atoms with Gasteiger partial charge in [0.05, 0.1) is 5.38 Å². The van der Waals surface area contributed by atoms with E-state index in [0.29, 0.717) is 0 Å². The molecule has 102 valence electrons. The summed E-state index contributed by atoms with van der Waals surface area (Å²) in [6.45, 7) is 4.41. The molecule has 0 fully saturated rings. The van der Waals surface area contributed by atoms with E-state index < -0.39 is 0 Å². The first-order valence-corrected chi connectivity index (χ1v) is 8.37. The van der Waals surface area contributed by atoms with Gasteiger partial charge in [-0.3, -0.25) is 0 Å². The van der Waals surface area contributed by atoms with Crippen LogP contribution in [0.25, 0.3) is 0 Å². The summed E-state index contributed by atoms with van der Waals surface area (Å²) in [5, 5.41) is 2.13. The van der Waals surface area contributed by atoms with Crippen molar-refractivity contribution in [2.24, 2.45) is 0 Å².